The molecule has 0 saturated heterocycles. The molecule has 0 spiro atoms. The molecular weight excluding hydrogens is 292 g/mol. The van der Waals surface area contributed by atoms with E-state index in [1.807, 2.05) is 0 Å². The van der Waals surface area contributed by atoms with Crippen LogP contribution in [0.5, 0.6) is 0 Å². The highest BCUT2D eigenvalue weighted by molar-refractivity contribution is 5.75. The molecule has 22 heavy (non-hydrogen) atoms. The lowest BCUT2D eigenvalue weighted by atomic mass is 10.2. The van der Waals surface area contributed by atoms with Gasteiger partial charge in [0.25, 0.3) is 0 Å². The van der Waals surface area contributed by atoms with E-state index in [1.165, 1.54) is 7.05 Å². The highest BCUT2D eigenvalue weighted by Crippen LogP contribution is 2.14. The number of carbonyl (C=O) groups is 3. The van der Waals surface area contributed by atoms with Gasteiger partial charge in [0.15, 0.2) is 0 Å². The number of ether oxygens (including phenoxy) is 2. The van der Waals surface area contributed by atoms with Gasteiger partial charge in [0.2, 0.25) is 0 Å². The quantitative estimate of drug-likeness (QED) is 0.803. The predicted molar refractivity (Wildman–Crippen MR) is 79.2 cm³/mol. The number of carbonyl (C=O) groups excluding carboxylic acids is 2. The van der Waals surface area contributed by atoms with Gasteiger partial charge < -0.3 is 14.6 Å². The van der Waals surface area contributed by atoms with Crippen molar-refractivity contribution >= 4 is 18.2 Å². The van der Waals surface area contributed by atoms with E-state index in [0.29, 0.717) is 0 Å². The second-order valence-electron chi connectivity index (χ2n) is 6.75. The number of aliphatic carboxylic acids is 1. The zero-order valence-corrected chi connectivity index (χ0v) is 14.3. The Hall–Kier alpha value is -1.99. The van der Waals surface area contributed by atoms with Gasteiger partial charge in [-0.25, -0.2) is 19.6 Å². The van der Waals surface area contributed by atoms with E-state index < -0.39 is 29.4 Å². The van der Waals surface area contributed by atoms with Crippen LogP contribution in [-0.4, -0.2) is 58.1 Å². The average Bonchev–Trinajstić information content (AvgIpc) is 2.23. The van der Waals surface area contributed by atoms with E-state index in [2.05, 4.69) is 0 Å². The first-order valence-corrected chi connectivity index (χ1v) is 6.92. The van der Waals surface area contributed by atoms with Gasteiger partial charge in [0.1, 0.15) is 11.2 Å². The number of nitrogens with zero attached hydrogens (tertiary/aromatic N) is 2. The molecule has 0 aliphatic rings. The van der Waals surface area contributed by atoms with E-state index >= 15 is 0 Å². The monoisotopic (exact) mass is 318 g/mol. The maximum atomic E-state index is 12.1. The van der Waals surface area contributed by atoms with Gasteiger partial charge in [-0.2, -0.15) is 0 Å². The van der Waals surface area contributed by atoms with E-state index in [9.17, 15) is 14.4 Å². The van der Waals surface area contributed by atoms with Crippen molar-refractivity contribution in [3.05, 3.63) is 0 Å². The smallest absolute Gasteiger partial charge is 0.429 e. The Morgan fingerprint density at radius 3 is 1.68 bits per heavy atom. The molecule has 0 aromatic heterocycles. The van der Waals surface area contributed by atoms with E-state index in [-0.39, 0.29) is 13.0 Å². The van der Waals surface area contributed by atoms with Gasteiger partial charge in [0, 0.05) is 7.05 Å². The third kappa shape index (κ3) is 8.33. The van der Waals surface area contributed by atoms with Crippen LogP contribution in [0.1, 0.15) is 48.0 Å². The van der Waals surface area contributed by atoms with Gasteiger partial charge in [0.05, 0.1) is 13.0 Å². The minimum absolute atomic E-state index is 0.208. The number of hydrogen-bond acceptors (Lipinski definition) is 5. The molecule has 0 aromatic carbocycles. The number of hydrogen-bond donors (Lipinski definition) is 1. The Kier molecular flexibility index (Phi) is 6.66. The summed E-state index contributed by atoms with van der Waals surface area (Å²) in [6.45, 7) is 9.88. The molecule has 0 radical (unpaired) electrons. The molecular formula is C14H26N2O6. The summed E-state index contributed by atoms with van der Waals surface area (Å²) in [4.78, 5) is 34.9. The summed E-state index contributed by atoms with van der Waals surface area (Å²) in [5.74, 6) is -1.09. The van der Waals surface area contributed by atoms with Crippen LogP contribution in [0, 0.1) is 0 Å². The summed E-state index contributed by atoms with van der Waals surface area (Å²) in [6.07, 6.45) is -1.92. The van der Waals surface area contributed by atoms with Crippen molar-refractivity contribution in [1.29, 1.82) is 0 Å². The van der Waals surface area contributed by atoms with E-state index in [4.69, 9.17) is 14.6 Å². The standard InChI is InChI=1S/C14H26N2O6/c1-13(2,3)21-11(19)15(7)16(9-8-10(17)18)12(20)22-14(4,5)6/h8-9H2,1-7H3,(H,17,18). The lowest BCUT2D eigenvalue weighted by Crippen LogP contribution is -2.51. The van der Waals surface area contributed by atoms with Crippen LogP contribution in [0.4, 0.5) is 9.59 Å². The highest BCUT2D eigenvalue weighted by atomic mass is 16.6. The number of carboxylic acids is 1. The lowest BCUT2D eigenvalue weighted by molar-refractivity contribution is -0.138. The average molecular weight is 318 g/mol. The Morgan fingerprint density at radius 1 is 0.909 bits per heavy atom. The van der Waals surface area contributed by atoms with Crippen molar-refractivity contribution in [2.45, 2.75) is 59.2 Å². The second-order valence-corrected chi connectivity index (χ2v) is 6.75. The normalized spacial score (nSPS) is 11.6. The largest absolute Gasteiger partial charge is 0.481 e. The van der Waals surface area contributed by atoms with Crippen LogP contribution in [0.25, 0.3) is 0 Å². The number of rotatable bonds is 3. The minimum atomic E-state index is -1.09. The number of hydrazine groups is 1. The Labute approximate surface area is 130 Å². The van der Waals surface area contributed by atoms with Crippen molar-refractivity contribution in [1.82, 2.24) is 10.0 Å². The van der Waals surface area contributed by atoms with E-state index in [1.54, 1.807) is 41.5 Å². The minimum Gasteiger partial charge on any atom is -0.481 e. The van der Waals surface area contributed by atoms with Crippen molar-refractivity contribution < 1.29 is 29.0 Å². The molecule has 0 atom stereocenters. The topological polar surface area (TPSA) is 96.4 Å². The molecule has 128 valence electrons. The van der Waals surface area contributed by atoms with Crippen LogP contribution >= 0.6 is 0 Å². The lowest BCUT2D eigenvalue weighted by Gasteiger charge is -2.34. The van der Waals surface area contributed by atoms with Crippen molar-refractivity contribution in [3.63, 3.8) is 0 Å². The fourth-order valence-corrected chi connectivity index (χ4v) is 1.31. The van der Waals surface area contributed by atoms with Gasteiger partial charge in [-0.05, 0) is 41.5 Å². The highest BCUT2D eigenvalue weighted by Gasteiger charge is 2.30. The van der Waals surface area contributed by atoms with Gasteiger partial charge >= 0.3 is 18.2 Å². The summed E-state index contributed by atoms with van der Waals surface area (Å²) >= 11 is 0. The SMILES string of the molecule is CN(C(=O)OC(C)(C)C)N(CCC(=O)O)C(=O)OC(C)(C)C. The first-order chi connectivity index (χ1) is 9.73. The molecule has 0 bridgehead atoms. The molecule has 8 nitrogen and oxygen atoms in total. The fraction of sp³-hybridized carbons (Fsp3) is 0.786. The van der Waals surface area contributed by atoms with Crippen molar-refractivity contribution in [3.8, 4) is 0 Å². The third-order valence-corrected chi connectivity index (χ3v) is 2.16. The fourth-order valence-electron chi connectivity index (χ4n) is 1.31. The molecule has 0 aromatic rings. The molecule has 0 fully saturated rings. The molecule has 0 heterocycles. The van der Waals surface area contributed by atoms with Gasteiger partial charge in [-0.3, -0.25) is 4.79 Å². The molecule has 0 saturated carbocycles. The maximum Gasteiger partial charge on any atom is 0.429 e. The van der Waals surface area contributed by atoms with Crippen LogP contribution in [0.15, 0.2) is 0 Å². The molecule has 0 aliphatic heterocycles. The number of amides is 2. The Morgan fingerprint density at radius 2 is 1.32 bits per heavy atom. The molecule has 0 aliphatic carbocycles. The van der Waals surface area contributed by atoms with Crippen LogP contribution in [0.3, 0.4) is 0 Å². The summed E-state index contributed by atoms with van der Waals surface area (Å²) in [5, 5.41) is 10.6. The van der Waals surface area contributed by atoms with Gasteiger partial charge in [-0.15, -0.1) is 0 Å². The molecule has 1 N–H and O–H groups in total. The number of carboxylic acid groups (broad SMARTS) is 1. The van der Waals surface area contributed by atoms with Crippen molar-refractivity contribution in [2.24, 2.45) is 0 Å². The molecule has 8 heteroatoms. The molecule has 2 amide bonds. The van der Waals surface area contributed by atoms with Crippen LogP contribution in [0.2, 0.25) is 0 Å². The second kappa shape index (κ2) is 7.33. The summed E-state index contributed by atoms with van der Waals surface area (Å²) in [6, 6.07) is 0. The van der Waals surface area contributed by atoms with Crippen LogP contribution < -0.4 is 0 Å². The Balaban J connectivity index is 5.09. The maximum absolute atomic E-state index is 12.1. The third-order valence-electron chi connectivity index (χ3n) is 2.16. The summed E-state index contributed by atoms with van der Waals surface area (Å²) in [7, 11) is 1.32. The zero-order valence-electron chi connectivity index (χ0n) is 14.3. The van der Waals surface area contributed by atoms with Gasteiger partial charge in [-0.1, -0.05) is 0 Å². The van der Waals surface area contributed by atoms with E-state index in [0.717, 1.165) is 10.0 Å². The first kappa shape index (κ1) is 20.0. The zero-order chi connectivity index (χ0) is 17.7. The summed E-state index contributed by atoms with van der Waals surface area (Å²) in [5.41, 5.74) is -1.51. The summed E-state index contributed by atoms with van der Waals surface area (Å²) < 4.78 is 10.3. The molecule has 0 unspecified atom stereocenters. The predicted octanol–water partition coefficient (Wildman–Crippen LogP) is 2.48. The Bertz CT molecular complexity index is 422. The van der Waals surface area contributed by atoms with Crippen molar-refractivity contribution in [2.75, 3.05) is 13.6 Å². The molecule has 0 rings (SSSR count). The first-order valence-electron chi connectivity index (χ1n) is 6.92. The van der Waals surface area contributed by atoms with Crippen LogP contribution in [-0.2, 0) is 14.3 Å².